The first kappa shape index (κ1) is 9.05. The largest absolute Gasteiger partial charge is 0.314 e. The van der Waals surface area contributed by atoms with Gasteiger partial charge in [0.1, 0.15) is 0 Å². The summed E-state index contributed by atoms with van der Waals surface area (Å²) >= 11 is 0. The fourth-order valence-corrected chi connectivity index (χ4v) is 1.29. The van der Waals surface area contributed by atoms with E-state index in [1.54, 1.807) is 0 Å². The van der Waals surface area contributed by atoms with Gasteiger partial charge in [0.2, 0.25) is 0 Å². The summed E-state index contributed by atoms with van der Waals surface area (Å²) in [5, 5.41) is 3.58. The van der Waals surface area contributed by atoms with E-state index in [9.17, 15) is 0 Å². The molecule has 0 bridgehead atoms. The molecule has 0 spiro atoms. The van der Waals surface area contributed by atoms with Crippen molar-refractivity contribution in [1.82, 2.24) is 5.32 Å². The van der Waals surface area contributed by atoms with Gasteiger partial charge in [-0.25, -0.2) is 0 Å². The first-order valence-electron chi connectivity index (χ1n) is 4.93. The van der Waals surface area contributed by atoms with Crippen molar-refractivity contribution < 1.29 is 0 Å². The topological polar surface area (TPSA) is 12.0 Å². The maximum Gasteiger partial charge on any atom is 0.00618 e. The highest BCUT2D eigenvalue weighted by Gasteiger charge is 2.17. The van der Waals surface area contributed by atoms with E-state index in [0.717, 1.165) is 11.8 Å². The molecule has 0 unspecified atom stereocenters. The molecule has 1 atom stereocenters. The Bertz CT molecular complexity index is 105. The average Bonchev–Trinajstić information content (AvgIpc) is 1.83. The molecule has 11 heavy (non-hydrogen) atoms. The molecule has 1 saturated carbocycles. The zero-order valence-corrected chi connectivity index (χ0v) is 8.06. The van der Waals surface area contributed by atoms with E-state index < -0.39 is 0 Å². The molecule has 0 aromatic heterocycles. The van der Waals surface area contributed by atoms with Crippen LogP contribution in [0.25, 0.3) is 0 Å². The Morgan fingerprint density at radius 2 is 1.91 bits per heavy atom. The smallest absolute Gasteiger partial charge is 0.00618 e. The van der Waals surface area contributed by atoms with Gasteiger partial charge in [-0.15, -0.1) is 0 Å². The quantitative estimate of drug-likeness (QED) is 0.657. The normalized spacial score (nSPS) is 21.8. The van der Waals surface area contributed by atoms with Crippen LogP contribution in [0, 0.1) is 11.8 Å². The van der Waals surface area contributed by atoms with Crippen molar-refractivity contribution in [1.29, 1.82) is 0 Å². The summed E-state index contributed by atoms with van der Waals surface area (Å²) in [6.45, 7) is 8.08. The molecule has 0 heterocycles. The van der Waals surface area contributed by atoms with Gasteiger partial charge in [0.05, 0.1) is 0 Å². The number of rotatable bonds is 4. The molecular formula is C10H21N. The summed E-state index contributed by atoms with van der Waals surface area (Å²) in [7, 11) is 0. The maximum absolute atomic E-state index is 3.58. The van der Waals surface area contributed by atoms with Crippen molar-refractivity contribution in [3.63, 3.8) is 0 Å². The minimum absolute atomic E-state index is 0.690. The molecule has 1 heteroatoms. The van der Waals surface area contributed by atoms with Crippen LogP contribution in [0.4, 0.5) is 0 Å². The number of nitrogens with one attached hydrogen (secondary N) is 1. The molecule has 0 aliphatic heterocycles. The summed E-state index contributed by atoms with van der Waals surface area (Å²) < 4.78 is 0. The Hall–Kier alpha value is -0.0400. The van der Waals surface area contributed by atoms with Gasteiger partial charge in [-0.2, -0.15) is 0 Å². The van der Waals surface area contributed by atoms with E-state index in [1.807, 2.05) is 0 Å². The third-order valence-electron chi connectivity index (χ3n) is 2.95. The third kappa shape index (κ3) is 2.82. The molecule has 1 fully saturated rings. The molecule has 1 aliphatic rings. The molecular weight excluding hydrogens is 134 g/mol. The zero-order chi connectivity index (χ0) is 8.27. The number of hydrogen-bond acceptors (Lipinski definition) is 1. The predicted octanol–water partition coefficient (Wildman–Crippen LogP) is 2.42. The number of hydrogen-bond donors (Lipinski definition) is 1. The Kier molecular flexibility index (Phi) is 3.38. The van der Waals surface area contributed by atoms with Crippen LogP contribution >= 0.6 is 0 Å². The van der Waals surface area contributed by atoms with Crippen molar-refractivity contribution in [2.75, 3.05) is 6.54 Å². The lowest BCUT2D eigenvalue weighted by atomic mass is 9.85. The lowest BCUT2D eigenvalue weighted by molar-refractivity contribution is 0.278. The third-order valence-corrected chi connectivity index (χ3v) is 2.95. The van der Waals surface area contributed by atoms with Gasteiger partial charge >= 0.3 is 0 Å². The van der Waals surface area contributed by atoms with E-state index in [2.05, 4.69) is 26.1 Å². The summed E-state index contributed by atoms with van der Waals surface area (Å²) in [4.78, 5) is 0. The predicted molar refractivity (Wildman–Crippen MR) is 49.6 cm³/mol. The summed E-state index contributed by atoms with van der Waals surface area (Å²) in [6, 6.07) is 0.690. The SMILES string of the molecule is CC(C)[C@@H](C)NCC1CCC1. The van der Waals surface area contributed by atoms with Crippen molar-refractivity contribution in [2.24, 2.45) is 11.8 Å². The molecule has 66 valence electrons. The van der Waals surface area contributed by atoms with Gasteiger partial charge in [0.25, 0.3) is 0 Å². The average molecular weight is 155 g/mol. The van der Waals surface area contributed by atoms with Gasteiger partial charge in [-0.05, 0) is 38.1 Å². The van der Waals surface area contributed by atoms with E-state index in [0.29, 0.717) is 6.04 Å². The highest BCUT2D eigenvalue weighted by Crippen LogP contribution is 2.25. The van der Waals surface area contributed by atoms with E-state index in [4.69, 9.17) is 0 Å². The van der Waals surface area contributed by atoms with Crippen LogP contribution in [0.15, 0.2) is 0 Å². The van der Waals surface area contributed by atoms with Crippen LogP contribution in [0.5, 0.6) is 0 Å². The highest BCUT2D eigenvalue weighted by molar-refractivity contribution is 4.74. The molecule has 0 aromatic carbocycles. The molecule has 0 saturated heterocycles. The fourth-order valence-electron chi connectivity index (χ4n) is 1.29. The molecule has 1 nitrogen and oxygen atoms in total. The summed E-state index contributed by atoms with van der Waals surface area (Å²) in [6.07, 6.45) is 4.37. The second-order valence-electron chi connectivity index (χ2n) is 4.24. The van der Waals surface area contributed by atoms with E-state index >= 15 is 0 Å². The van der Waals surface area contributed by atoms with Crippen LogP contribution in [0.1, 0.15) is 40.0 Å². The Morgan fingerprint density at radius 3 is 2.27 bits per heavy atom. The lowest BCUT2D eigenvalue weighted by Gasteiger charge is -2.28. The molecule has 0 radical (unpaired) electrons. The molecule has 1 N–H and O–H groups in total. The highest BCUT2D eigenvalue weighted by atomic mass is 14.9. The molecule has 1 rings (SSSR count). The minimum Gasteiger partial charge on any atom is -0.314 e. The Morgan fingerprint density at radius 1 is 1.27 bits per heavy atom. The van der Waals surface area contributed by atoms with Crippen molar-refractivity contribution in [3.8, 4) is 0 Å². The maximum atomic E-state index is 3.58. The van der Waals surface area contributed by atoms with Crippen LogP contribution in [0.2, 0.25) is 0 Å². The minimum atomic E-state index is 0.690. The lowest BCUT2D eigenvalue weighted by Crippen LogP contribution is -2.36. The molecule has 0 aromatic rings. The summed E-state index contributed by atoms with van der Waals surface area (Å²) in [5.41, 5.74) is 0. The van der Waals surface area contributed by atoms with Gasteiger partial charge in [0, 0.05) is 6.04 Å². The monoisotopic (exact) mass is 155 g/mol. The second kappa shape index (κ2) is 4.10. The molecule has 1 aliphatic carbocycles. The fraction of sp³-hybridized carbons (Fsp3) is 1.00. The van der Waals surface area contributed by atoms with Crippen molar-refractivity contribution in [2.45, 2.75) is 46.1 Å². The Balaban J connectivity index is 2.01. The summed E-state index contributed by atoms with van der Waals surface area (Å²) in [5.74, 6) is 1.77. The van der Waals surface area contributed by atoms with Crippen LogP contribution in [-0.4, -0.2) is 12.6 Å². The van der Waals surface area contributed by atoms with Crippen LogP contribution < -0.4 is 5.32 Å². The molecule has 0 amide bonds. The van der Waals surface area contributed by atoms with E-state index in [1.165, 1.54) is 25.8 Å². The van der Waals surface area contributed by atoms with E-state index in [-0.39, 0.29) is 0 Å². The van der Waals surface area contributed by atoms with Crippen molar-refractivity contribution in [3.05, 3.63) is 0 Å². The standard InChI is InChI=1S/C10H21N/c1-8(2)9(3)11-7-10-5-4-6-10/h8-11H,4-7H2,1-3H3/t9-/m1/s1. The van der Waals surface area contributed by atoms with Gasteiger partial charge in [0.15, 0.2) is 0 Å². The van der Waals surface area contributed by atoms with Gasteiger partial charge < -0.3 is 5.32 Å². The van der Waals surface area contributed by atoms with Crippen LogP contribution in [0.3, 0.4) is 0 Å². The zero-order valence-electron chi connectivity index (χ0n) is 8.06. The first-order valence-corrected chi connectivity index (χ1v) is 4.93. The second-order valence-corrected chi connectivity index (χ2v) is 4.24. The van der Waals surface area contributed by atoms with Gasteiger partial charge in [-0.3, -0.25) is 0 Å². The van der Waals surface area contributed by atoms with Crippen LogP contribution in [-0.2, 0) is 0 Å². The Labute approximate surface area is 70.6 Å². The first-order chi connectivity index (χ1) is 5.20. The van der Waals surface area contributed by atoms with Crippen molar-refractivity contribution >= 4 is 0 Å². The van der Waals surface area contributed by atoms with Gasteiger partial charge in [-0.1, -0.05) is 20.3 Å².